The summed E-state index contributed by atoms with van der Waals surface area (Å²) in [6, 6.07) is 7.54. The summed E-state index contributed by atoms with van der Waals surface area (Å²) < 4.78 is 0. The molecule has 7 heteroatoms. The third kappa shape index (κ3) is 3.95. The van der Waals surface area contributed by atoms with Crippen molar-refractivity contribution in [3.8, 4) is 0 Å². The number of rotatable bonds is 5. The minimum absolute atomic E-state index is 0. The van der Waals surface area contributed by atoms with Crippen molar-refractivity contribution in [3.05, 3.63) is 51.9 Å². The molecule has 0 unspecified atom stereocenters. The van der Waals surface area contributed by atoms with Crippen molar-refractivity contribution in [1.29, 1.82) is 0 Å². The van der Waals surface area contributed by atoms with Crippen molar-refractivity contribution in [2.75, 3.05) is 18.4 Å². The summed E-state index contributed by atoms with van der Waals surface area (Å²) in [4.78, 5) is 24.5. The molecule has 1 aromatic carbocycles. The summed E-state index contributed by atoms with van der Waals surface area (Å²) in [7, 11) is 0. The van der Waals surface area contributed by atoms with Crippen LogP contribution in [0.25, 0.3) is 0 Å². The summed E-state index contributed by atoms with van der Waals surface area (Å²) in [6.07, 6.45) is 3.27. The fourth-order valence-corrected chi connectivity index (χ4v) is 3.53. The molecule has 0 saturated heterocycles. The summed E-state index contributed by atoms with van der Waals surface area (Å²) in [6.45, 7) is 0.791. The van der Waals surface area contributed by atoms with Gasteiger partial charge in [0.25, 0.3) is 11.8 Å². The van der Waals surface area contributed by atoms with Gasteiger partial charge in [-0.2, -0.15) is 0 Å². The highest BCUT2D eigenvalue weighted by Crippen LogP contribution is 2.26. The first-order valence-electron chi connectivity index (χ1n) is 7.68. The number of halogens is 1. The molecule has 24 heavy (non-hydrogen) atoms. The molecule has 1 aliphatic carbocycles. The summed E-state index contributed by atoms with van der Waals surface area (Å²) in [5.41, 5.74) is 9.08. The second kappa shape index (κ2) is 8.28. The first kappa shape index (κ1) is 18.4. The van der Waals surface area contributed by atoms with Gasteiger partial charge >= 0.3 is 0 Å². The molecule has 1 aromatic heterocycles. The van der Waals surface area contributed by atoms with Crippen LogP contribution in [0.15, 0.2) is 29.6 Å². The van der Waals surface area contributed by atoms with E-state index in [9.17, 15) is 9.59 Å². The van der Waals surface area contributed by atoms with Crippen LogP contribution in [0, 0.1) is 0 Å². The average Bonchev–Trinajstić information content (AvgIpc) is 3.20. The zero-order valence-electron chi connectivity index (χ0n) is 13.1. The van der Waals surface area contributed by atoms with E-state index < -0.39 is 0 Å². The molecule has 0 spiro atoms. The van der Waals surface area contributed by atoms with Crippen LogP contribution in [0.3, 0.4) is 0 Å². The molecule has 1 heterocycles. The van der Waals surface area contributed by atoms with E-state index in [-0.39, 0.29) is 24.2 Å². The Bertz CT molecular complexity index is 745. The van der Waals surface area contributed by atoms with Crippen molar-refractivity contribution in [2.45, 2.75) is 19.3 Å². The lowest BCUT2D eigenvalue weighted by molar-refractivity contribution is 0.0956. The molecule has 0 aliphatic heterocycles. The van der Waals surface area contributed by atoms with E-state index in [1.54, 1.807) is 11.4 Å². The number of nitrogens with one attached hydrogen (secondary N) is 2. The van der Waals surface area contributed by atoms with Gasteiger partial charge in [0.2, 0.25) is 0 Å². The molecule has 128 valence electrons. The van der Waals surface area contributed by atoms with Gasteiger partial charge in [0.1, 0.15) is 5.00 Å². The van der Waals surface area contributed by atoms with Gasteiger partial charge < -0.3 is 16.4 Å². The molecule has 4 N–H and O–H groups in total. The molecule has 0 bridgehead atoms. The van der Waals surface area contributed by atoms with Crippen molar-refractivity contribution >= 4 is 40.6 Å². The number of hydrogen-bond donors (Lipinski definition) is 3. The van der Waals surface area contributed by atoms with Gasteiger partial charge in [-0.05, 0) is 54.0 Å². The Balaban J connectivity index is 0.00000208. The SMILES string of the molecule is Cl.NCCNC(=O)c1ccsc1NC(=O)c1ccc2c(c1)CCC2. The third-order valence-electron chi connectivity index (χ3n) is 3.93. The van der Waals surface area contributed by atoms with Crippen LogP contribution in [0.2, 0.25) is 0 Å². The maximum atomic E-state index is 12.4. The number of hydrogen-bond acceptors (Lipinski definition) is 4. The quantitative estimate of drug-likeness (QED) is 0.761. The van der Waals surface area contributed by atoms with Crippen LogP contribution >= 0.6 is 23.7 Å². The standard InChI is InChI=1S/C17H19N3O2S.ClH/c18-7-8-19-16(22)14-6-9-23-17(14)20-15(21)13-5-4-11-2-1-3-12(11)10-13;/h4-6,9-10H,1-3,7-8,18H2,(H,19,22)(H,20,21);1H. The Kier molecular flexibility index (Phi) is 6.36. The fourth-order valence-electron chi connectivity index (χ4n) is 2.75. The number of benzene rings is 1. The molecular formula is C17H20ClN3O2S. The predicted octanol–water partition coefficient (Wildman–Crippen LogP) is 2.60. The van der Waals surface area contributed by atoms with Gasteiger partial charge in [0.05, 0.1) is 5.56 Å². The average molecular weight is 366 g/mol. The number of nitrogens with two attached hydrogens (primary N) is 1. The normalized spacial score (nSPS) is 12.2. The topological polar surface area (TPSA) is 84.2 Å². The first-order valence-corrected chi connectivity index (χ1v) is 8.56. The number of thiophene rings is 1. The van der Waals surface area contributed by atoms with Crippen molar-refractivity contribution in [2.24, 2.45) is 5.73 Å². The second-order valence-corrected chi connectivity index (χ2v) is 6.42. The van der Waals surface area contributed by atoms with Crippen LogP contribution < -0.4 is 16.4 Å². The lowest BCUT2D eigenvalue weighted by atomic mass is 10.1. The Morgan fingerprint density at radius 1 is 1.12 bits per heavy atom. The van der Waals surface area contributed by atoms with Gasteiger partial charge in [0, 0.05) is 18.7 Å². The monoisotopic (exact) mass is 365 g/mol. The minimum Gasteiger partial charge on any atom is -0.351 e. The molecular weight excluding hydrogens is 346 g/mol. The predicted molar refractivity (Wildman–Crippen MR) is 99.4 cm³/mol. The highest BCUT2D eigenvalue weighted by Gasteiger charge is 2.17. The number of amides is 2. The van der Waals surface area contributed by atoms with E-state index in [0.717, 1.165) is 19.3 Å². The van der Waals surface area contributed by atoms with E-state index in [0.29, 0.717) is 29.2 Å². The minimum atomic E-state index is -0.221. The van der Waals surface area contributed by atoms with Gasteiger partial charge in [-0.1, -0.05) is 6.07 Å². The largest absolute Gasteiger partial charge is 0.351 e. The van der Waals surface area contributed by atoms with Crippen LogP contribution in [0.4, 0.5) is 5.00 Å². The van der Waals surface area contributed by atoms with Gasteiger partial charge in [-0.3, -0.25) is 9.59 Å². The van der Waals surface area contributed by atoms with Crippen LogP contribution in [0.5, 0.6) is 0 Å². The summed E-state index contributed by atoms with van der Waals surface area (Å²) in [5.74, 6) is -0.407. The van der Waals surface area contributed by atoms with Crippen LogP contribution in [-0.2, 0) is 12.8 Å². The van der Waals surface area contributed by atoms with E-state index in [2.05, 4.69) is 10.6 Å². The lowest BCUT2D eigenvalue weighted by Gasteiger charge is -2.08. The Morgan fingerprint density at radius 2 is 1.92 bits per heavy atom. The van der Waals surface area contributed by atoms with Crippen LogP contribution in [0.1, 0.15) is 38.3 Å². The van der Waals surface area contributed by atoms with Crippen molar-refractivity contribution in [1.82, 2.24) is 5.32 Å². The summed E-state index contributed by atoms with van der Waals surface area (Å²) in [5, 5.41) is 7.90. The Morgan fingerprint density at radius 3 is 2.71 bits per heavy atom. The Labute approximate surface area is 151 Å². The molecule has 1 aliphatic rings. The van der Waals surface area contributed by atoms with Gasteiger partial charge in [0.15, 0.2) is 0 Å². The van der Waals surface area contributed by atoms with E-state index >= 15 is 0 Å². The molecule has 5 nitrogen and oxygen atoms in total. The molecule has 0 atom stereocenters. The first-order chi connectivity index (χ1) is 11.2. The van der Waals surface area contributed by atoms with E-state index in [1.807, 2.05) is 18.2 Å². The Hall–Kier alpha value is -1.89. The fraction of sp³-hybridized carbons (Fsp3) is 0.294. The molecule has 0 radical (unpaired) electrons. The number of fused-ring (bicyclic) bond motifs is 1. The van der Waals surface area contributed by atoms with Crippen molar-refractivity contribution in [3.63, 3.8) is 0 Å². The second-order valence-electron chi connectivity index (χ2n) is 5.50. The highest BCUT2D eigenvalue weighted by molar-refractivity contribution is 7.14. The molecule has 3 rings (SSSR count). The van der Waals surface area contributed by atoms with Crippen molar-refractivity contribution < 1.29 is 9.59 Å². The van der Waals surface area contributed by atoms with E-state index in [1.165, 1.54) is 22.5 Å². The zero-order valence-corrected chi connectivity index (χ0v) is 14.8. The summed E-state index contributed by atoms with van der Waals surface area (Å²) >= 11 is 1.34. The zero-order chi connectivity index (χ0) is 16.2. The molecule has 2 amide bonds. The lowest BCUT2D eigenvalue weighted by Crippen LogP contribution is -2.29. The maximum Gasteiger partial charge on any atom is 0.256 e. The van der Waals surface area contributed by atoms with Gasteiger partial charge in [-0.25, -0.2) is 0 Å². The highest BCUT2D eigenvalue weighted by atomic mass is 35.5. The molecule has 0 fully saturated rings. The smallest absolute Gasteiger partial charge is 0.256 e. The number of anilines is 1. The molecule has 2 aromatic rings. The number of carbonyl (C=O) groups excluding carboxylic acids is 2. The number of aryl methyl sites for hydroxylation is 2. The van der Waals surface area contributed by atoms with Gasteiger partial charge in [-0.15, -0.1) is 23.7 Å². The van der Waals surface area contributed by atoms with Crippen LogP contribution in [-0.4, -0.2) is 24.9 Å². The molecule has 0 saturated carbocycles. The van der Waals surface area contributed by atoms with E-state index in [4.69, 9.17) is 5.73 Å². The number of carbonyl (C=O) groups is 2. The third-order valence-corrected chi connectivity index (χ3v) is 4.76. The maximum absolute atomic E-state index is 12.4.